The second-order valence-corrected chi connectivity index (χ2v) is 4.33. The van der Waals surface area contributed by atoms with Crippen molar-refractivity contribution in [3.05, 3.63) is 36.0 Å². The molecule has 0 spiro atoms. The van der Waals surface area contributed by atoms with E-state index in [2.05, 4.69) is 10.3 Å². The van der Waals surface area contributed by atoms with E-state index in [-0.39, 0.29) is 5.91 Å². The summed E-state index contributed by atoms with van der Waals surface area (Å²) in [5, 5.41) is 3.84. The molecule has 0 bridgehead atoms. The molecule has 0 radical (unpaired) electrons. The number of rotatable bonds is 3. The average Bonchev–Trinajstić information content (AvgIpc) is 2.38. The number of aryl methyl sites for hydroxylation is 1. The summed E-state index contributed by atoms with van der Waals surface area (Å²) in [5.74, 6) is -0.173. The van der Waals surface area contributed by atoms with Crippen LogP contribution in [0, 0.1) is 6.92 Å². The molecule has 1 amide bonds. The molecule has 1 unspecified atom stereocenters. The molecule has 4 nitrogen and oxygen atoms in total. The Labute approximate surface area is 106 Å². The first-order valence-electron chi connectivity index (χ1n) is 6.04. The molecule has 18 heavy (non-hydrogen) atoms. The smallest absolute Gasteiger partial charge is 0.241 e. The minimum absolute atomic E-state index is 0.173. The van der Waals surface area contributed by atoms with E-state index >= 15 is 0 Å². The van der Waals surface area contributed by atoms with Gasteiger partial charge in [0.2, 0.25) is 5.91 Å². The fraction of sp³-hybridized carbons (Fsp3) is 0.286. The van der Waals surface area contributed by atoms with E-state index in [0.29, 0.717) is 12.1 Å². The molecule has 0 fully saturated rings. The van der Waals surface area contributed by atoms with E-state index in [1.54, 1.807) is 0 Å². The quantitative estimate of drug-likeness (QED) is 0.868. The van der Waals surface area contributed by atoms with Crippen LogP contribution >= 0.6 is 0 Å². The Hall–Kier alpha value is -1.94. The summed E-state index contributed by atoms with van der Waals surface area (Å²) < 4.78 is 0. The van der Waals surface area contributed by atoms with Gasteiger partial charge in [0.25, 0.3) is 0 Å². The first-order chi connectivity index (χ1) is 8.61. The lowest BCUT2D eigenvalue weighted by Crippen LogP contribution is -2.34. The van der Waals surface area contributed by atoms with Gasteiger partial charge in [0.05, 0.1) is 17.2 Å². The molecule has 2 rings (SSSR count). The summed E-state index contributed by atoms with van der Waals surface area (Å²) in [6.45, 7) is 3.81. The van der Waals surface area contributed by atoms with Gasteiger partial charge in [-0.3, -0.25) is 9.78 Å². The third-order valence-electron chi connectivity index (χ3n) is 2.89. The summed E-state index contributed by atoms with van der Waals surface area (Å²) in [6, 6.07) is 9.17. The van der Waals surface area contributed by atoms with Crippen molar-refractivity contribution in [2.75, 3.05) is 5.32 Å². The van der Waals surface area contributed by atoms with Crippen molar-refractivity contribution in [1.29, 1.82) is 0 Å². The van der Waals surface area contributed by atoms with Crippen molar-refractivity contribution in [3.63, 3.8) is 0 Å². The minimum atomic E-state index is -0.481. The van der Waals surface area contributed by atoms with Gasteiger partial charge < -0.3 is 11.1 Å². The lowest BCUT2D eigenvalue weighted by atomic mass is 10.1. The Bertz CT molecular complexity index is 580. The number of hydrogen-bond donors (Lipinski definition) is 2. The van der Waals surface area contributed by atoms with Crippen LogP contribution in [0.5, 0.6) is 0 Å². The fourth-order valence-electron chi connectivity index (χ4n) is 1.76. The number of carbonyl (C=O) groups is 1. The van der Waals surface area contributed by atoms with Crippen LogP contribution in [0.25, 0.3) is 10.9 Å². The predicted molar refractivity (Wildman–Crippen MR) is 73.4 cm³/mol. The molecule has 1 heterocycles. The zero-order chi connectivity index (χ0) is 13.1. The second kappa shape index (κ2) is 5.14. The lowest BCUT2D eigenvalue weighted by Gasteiger charge is -2.11. The Balaban J connectivity index is 2.39. The molecule has 0 aliphatic carbocycles. The number of anilines is 1. The van der Waals surface area contributed by atoms with Gasteiger partial charge in [0.15, 0.2) is 0 Å². The number of nitrogens with two attached hydrogens (primary N) is 1. The highest BCUT2D eigenvalue weighted by atomic mass is 16.2. The van der Waals surface area contributed by atoms with Crippen molar-refractivity contribution in [1.82, 2.24) is 4.98 Å². The molecular weight excluding hydrogens is 226 g/mol. The summed E-state index contributed by atoms with van der Waals surface area (Å²) in [7, 11) is 0. The molecule has 94 valence electrons. The molecule has 0 aliphatic heterocycles. The van der Waals surface area contributed by atoms with Gasteiger partial charge in [-0.15, -0.1) is 0 Å². The number of aromatic nitrogens is 1. The van der Waals surface area contributed by atoms with E-state index in [1.807, 2.05) is 44.2 Å². The zero-order valence-electron chi connectivity index (χ0n) is 10.6. The molecule has 2 aromatic rings. The summed E-state index contributed by atoms with van der Waals surface area (Å²) in [4.78, 5) is 16.3. The second-order valence-electron chi connectivity index (χ2n) is 4.33. The standard InChI is InChI=1S/C14H17N3O/c1-3-11(15)14(18)17-12-6-4-5-10-8-7-9(2)16-13(10)12/h4-8,11H,3,15H2,1-2H3,(H,17,18). The largest absolute Gasteiger partial charge is 0.323 e. The topological polar surface area (TPSA) is 68.0 Å². The number of para-hydroxylation sites is 1. The van der Waals surface area contributed by atoms with Gasteiger partial charge in [0.1, 0.15) is 0 Å². The molecule has 0 aliphatic rings. The Morgan fingerprint density at radius 2 is 2.17 bits per heavy atom. The van der Waals surface area contributed by atoms with Gasteiger partial charge in [0, 0.05) is 11.1 Å². The molecule has 4 heteroatoms. The summed E-state index contributed by atoms with van der Waals surface area (Å²) >= 11 is 0. The monoisotopic (exact) mass is 243 g/mol. The van der Waals surface area contributed by atoms with E-state index < -0.39 is 6.04 Å². The van der Waals surface area contributed by atoms with Gasteiger partial charge in [-0.25, -0.2) is 0 Å². The van der Waals surface area contributed by atoms with Gasteiger partial charge in [-0.05, 0) is 25.5 Å². The van der Waals surface area contributed by atoms with Crippen molar-refractivity contribution < 1.29 is 4.79 Å². The van der Waals surface area contributed by atoms with Crippen LogP contribution in [0.4, 0.5) is 5.69 Å². The van der Waals surface area contributed by atoms with Crippen LogP contribution in [-0.2, 0) is 4.79 Å². The molecule has 1 aromatic heterocycles. The normalized spacial score (nSPS) is 12.4. The highest BCUT2D eigenvalue weighted by Gasteiger charge is 2.12. The number of hydrogen-bond acceptors (Lipinski definition) is 3. The number of nitrogens with one attached hydrogen (secondary N) is 1. The summed E-state index contributed by atoms with van der Waals surface area (Å²) in [6.07, 6.45) is 0.614. The number of carbonyl (C=O) groups excluding carboxylic acids is 1. The van der Waals surface area contributed by atoms with Crippen LogP contribution in [0.15, 0.2) is 30.3 Å². The number of benzene rings is 1. The lowest BCUT2D eigenvalue weighted by molar-refractivity contribution is -0.117. The third kappa shape index (κ3) is 2.49. The number of pyridine rings is 1. The van der Waals surface area contributed by atoms with Crippen molar-refractivity contribution in [2.24, 2.45) is 5.73 Å². The maximum absolute atomic E-state index is 11.8. The Kier molecular flexibility index (Phi) is 3.58. The highest BCUT2D eigenvalue weighted by molar-refractivity contribution is 6.02. The Morgan fingerprint density at radius 3 is 2.89 bits per heavy atom. The summed E-state index contributed by atoms with van der Waals surface area (Å²) in [5.41, 5.74) is 8.14. The molecule has 3 N–H and O–H groups in total. The molecule has 1 atom stereocenters. The number of amides is 1. The van der Waals surface area contributed by atoms with Gasteiger partial charge in [-0.2, -0.15) is 0 Å². The van der Waals surface area contributed by atoms with E-state index in [9.17, 15) is 4.79 Å². The molecule has 0 saturated carbocycles. The van der Waals surface area contributed by atoms with Crippen molar-refractivity contribution >= 4 is 22.5 Å². The third-order valence-corrected chi connectivity index (χ3v) is 2.89. The zero-order valence-corrected chi connectivity index (χ0v) is 10.6. The molecule has 0 saturated heterocycles. The maximum Gasteiger partial charge on any atom is 0.241 e. The first kappa shape index (κ1) is 12.5. The van der Waals surface area contributed by atoms with E-state index in [1.165, 1.54) is 0 Å². The van der Waals surface area contributed by atoms with E-state index in [4.69, 9.17) is 5.73 Å². The van der Waals surface area contributed by atoms with Crippen LogP contribution in [0.2, 0.25) is 0 Å². The van der Waals surface area contributed by atoms with Crippen molar-refractivity contribution in [2.45, 2.75) is 26.3 Å². The van der Waals surface area contributed by atoms with Crippen LogP contribution in [0.1, 0.15) is 19.0 Å². The minimum Gasteiger partial charge on any atom is -0.323 e. The SMILES string of the molecule is CCC(N)C(=O)Nc1cccc2ccc(C)nc12. The van der Waals surface area contributed by atoms with E-state index in [0.717, 1.165) is 16.6 Å². The van der Waals surface area contributed by atoms with Crippen LogP contribution < -0.4 is 11.1 Å². The Morgan fingerprint density at radius 1 is 1.39 bits per heavy atom. The fourth-order valence-corrected chi connectivity index (χ4v) is 1.76. The number of nitrogens with zero attached hydrogens (tertiary/aromatic N) is 1. The van der Waals surface area contributed by atoms with Gasteiger partial charge >= 0.3 is 0 Å². The highest BCUT2D eigenvalue weighted by Crippen LogP contribution is 2.21. The molecule has 1 aromatic carbocycles. The maximum atomic E-state index is 11.8. The van der Waals surface area contributed by atoms with Crippen molar-refractivity contribution in [3.8, 4) is 0 Å². The average molecular weight is 243 g/mol. The first-order valence-corrected chi connectivity index (χ1v) is 6.04. The predicted octanol–water partition coefficient (Wildman–Crippen LogP) is 2.22. The van der Waals surface area contributed by atoms with Gasteiger partial charge in [-0.1, -0.05) is 25.1 Å². The van der Waals surface area contributed by atoms with Crippen LogP contribution in [0.3, 0.4) is 0 Å². The number of fused-ring (bicyclic) bond motifs is 1. The van der Waals surface area contributed by atoms with Crippen LogP contribution in [-0.4, -0.2) is 16.9 Å². The molecular formula is C14H17N3O.